The van der Waals surface area contributed by atoms with Crippen LogP contribution in [-0.2, 0) is 9.53 Å². The second kappa shape index (κ2) is 6.67. The SMILES string of the molecule is CN(CC1=NN(C2CCCCC2)C(=O)C1)C(=O)OC(C)(C)C. The van der Waals surface area contributed by atoms with E-state index < -0.39 is 11.7 Å². The Morgan fingerprint density at radius 3 is 2.55 bits per heavy atom. The molecule has 1 aliphatic heterocycles. The van der Waals surface area contributed by atoms with E-state index in [1.807, 2.05) is 20.8 Å². The van der Waals surface area contributed by atoms with Crippen molar-refractivity contribution in [2.45, 2.75) is 70.9 Å². The van der Waals surface area contributed by atoms with Gasteiger partial charge < -0.3 is 9.64 Å². The first-order valence-corrected chi connectivity index (χ1v) is 8.09. The van der Waals surface area contributed by atoms with Crippen LogP contribution in [0.2, 0.25) is 0 Å². The number of rotatable bonds is 3. The highest BCUT2D eigenvalue weighted by molar-refractivity contribution is 6.06. The lowest BCUT2D eigenvalue weighted by Gasteiger charge is -2.27. The molecule has 0 spiro atoms. The number of hydrogen-bond acceptors (Lipinski definition) is 4. The standard InChI is InChI=1S/C16H27N3O3/c1-16(2,3)22-15(21)18(4)11-12-10-14(20)19(17-12)13-8-6-5-7-9-13/h13H,5-11H2,1-4H3. The molecule has 0 N–H and O–H groups in total. The molecule has 1 heterocycles. The van der Waals surface area contributed by atoms with Gasteiger partial charge in [-0.1, -0.05) is 19.3 Å². The fourth-order valence-corrected chi connectivity index (χ4v) is 2.88. The summed E-state index contributed by atoms with van der Waals surface area (Å²) < 4.78 is 5.31. The summed E-state index contributed by atoms with van der Waals surface area (Å²) in [4.78, 5) is 25.6. The summed E-state index contributed by atoms with van der Waals surface area (Å²) >= 11 is 0. The number of carbonyl (C=O) groups is 2. The number of carbonyl (C=O) groups excluding carboxylic acids is 2. The van der Waals surface area contributed by atoms with Crippen LogP contribution in [0.1, 0.15) is 59.3 Å². The fraction of sp³-hybridized carbons (Fsp3) is 0.812. The maximum absolute atomic E-state index is 12.1. The molecule has 2 amide bonds. The smallest absolute Gasteiger partial charge is 0.410 e. The van der Waals surface area contributed by atoms with Gasteiger partial charge in [-0.2, -0.15) is 5.10 Å². The maximum atomic E-state index is 12.1. The second-order valence-electron chi connectivity index (χ2n) is 7.21. The molecule has 0 radical (unpaired) electrons. The fourth-order valence-electron chi connectivity index (χ4n) is 2.88. The lowest BCUT2D eigenvalue weighted by molar-refractivity contribution is -0.131. The number of nitrogens with zero attached hydrogens (tertiary/aromatic N) is 3. The maximum Gasteiger partial charge on any atom is 0.410 e. The molecule has 0 unspecified atom stereocenters. The van der Waals surface area contributed by atoms with E-state index in [4.69, 9.17) is 4.74 Å². The normalized spacial score (nSPS) is 20.1. The van der Waals surface area contributed by atoms with Crippen LogP contribution in [0.3, 0.4) is 0 Å². The first-order chi connectivity index (χ1) is 10.3. The van der Waals surface area contributed by atoms with Gasteiger partial charge in [-0.25, -0.2) is 9.80 Å². The van der Waals surface area contributed by atoms with Gasteiger partial charge in [0.1, 0.15) is 5.60 Å². The highest BCUT2D eigenvalue weighted by Gasteiger charge is 2.32. The van der Waals surface area contributed by atoms with E-state index >= 15 is 0 Å². The van der Waals surface area contributed by atoms with Crippen molar-refractivity contribution >= 4 is 17.7 Å². The Hall–Kier alpha value is -1.59. The summed E-state index contributed by atoms with van der Waals surface area (Å²) in [6.07, 6.45) is 5.56. The molecule has 22 heavy (non-hydrogen) atoms. The van der Waals surface area contributed by atoms with Crippen molar-refractivity contribution < 1.29 is 14.3 Å². The van der Waals surface area contributed by atoms with Crippen LogP contribution in [0.4, 0.5) is 4.79 Å². The Kier molecular flexibility index (Phi) is 5.08. The van der Waals surface area contributed by atoms with Gasteiger partial charge in [0.15, 0.2) is 0 Å². The number of amides is 2. The van der Waals surface area contributed by atoms with E-state index in [1.54, 1.807) is 12.1 Å². The summed E-state index contributed by atoms with van der Waals surface area (Å²) in [5, 5.41) is 6.11. The molecule has 0 atom stereocenters. The number of ether oxygens (including phenoxy) is 1. The first kappa shape index (κ1) is 16.8. The van der Waals surface area contributed by atoms with Crippen molar-refractivity contribution in [2.75, 3.05) is 13.6 Å². The minimum atomic E-state index is -0.521. The van der Waals surface area contributed by atoms with Crippen LogP contribution in [0.5, 0.6) is 0 Å². The van der Waals surface area contributed by atoms with Crippen LogP contribution >= 0.6 is 0 Å². The van der Waals surface area contributed by atoms with E-state index in [2.05, 4.69) is 5.10 Å². The Balaban J connectivity index is 1.92. The summed E-state index contributed by atoms with van der Waals surface area (Å²) in [5.41, 5.74) is 0.219. The summed E-state index contributed by atoms with van der Waals surface area (Å²) in [5.74, 6) is 0.0551. The van der Waals surface area contributed by atoms with Crippen molar-refractivity contribution in [3.8, 4) is 0 Å². The van der Waals surface area contributed by atoms with E-state index in [9.17, 15) is 9.59 Å². The molecule has 0 aromatic rings. The van der Waals surface area contributed by atoms with Crippen molar-refractivity contribution in [2.24, 2.45) is 5.10 Å². The van der Waals surface area contributed by atoms with Crippen LogP contribution < -0.4 is 0 Å². The third-order valence-electron chi connectivity index (χ3n) is 3.91. The minimum absolute atomic E-state index is 0.0551. The van der Waals surface area contributed by atoms with E-state index in [1.165, 1.54) is 11.3 Å². The van der Waals surface area contributed by atoms with Crippen molar-refractivity contribution in [3.63, 3.8) is 0 Å². The van der Waals surface area contributed by atoms with Gasteiger partial charge >= 0.3 is 6.09 Å². The van der Waals surface area contributed by atoms with Gasteiger partial charge in [-0.3, -0.25) is 4.79 Å². The lowest BCUT2D eigenvalue weighted by Crippen LogP contribution is -2.37. The molecule has 1 aliphatic carbocycles. The molecule has 6 nitrogen and oxygen atoms in total. The number of hydrogen-bond donors (Lipinski definition) is 0. The van der Waals surface area contributed by atoms with Gasteiger partial charge in [0.25, 0.3) is 0 Å². The molecule has 2 rings (SSSR count). The van der Waals surface area contributed by atoms with Crippen molar-refractivity contribution in [1.29, 1.82) is 0 Å². The van der Waals surface area contributed by atoms with Gasteiger partial charge in [0.05, 0.1) is 24.7 Å². The zero-order valence-electron chi connectivity index (χ0n) is 14.1. The Bertz CT molecular complexity index is 462. The third-order valence-corrected chi connectivity index (χ3v) is 3.91. The van der Waals surface area contributed by atoms with Crippen molar-refractivity contribution in [1.82, 2.24) is 9.91 Å². The van der Waals surface area contributed by atoms with Crippen LogP contribution in [-0.4, -0.2) is 52.9 Å². The molecule has 1 fully saturated rings. The van der Waals surface area contributed by atoms with Crippen LogP contribution in [0, 0.1) is 0 Å². The third kappa shape index (κ3) is 4.45. The lowest BCUT2D eigenvalue weighted by atomic mass is 9.95. The average Bonchev–Trinajstić information content (AvgIpc) is 2.78. The van der Waals surface area contributed by atoms with Gasteiger partial charge in [-0.15, -0.1) is 0 Å². The highest BCUT2D eigenvalue weighted by atomic mass is 16.6. The topological polar surface area (TPSA) is 62.2 Å². The quantitative estimate of drug-likeness (QED) is 0.805. The zero-order chi connectivity index (χ0) is 16.3. The molecule has 1 saturated carbocycles. The Labute approximate surface area is 132 Å². The molecule has 6 heteroatoms. The Morgan fingerprint density at radius 1 is 1.32 bits per heavy atom. The largest absolute Gasteiger partial charge is 0.444 e. The molecule has 0 bridgehead atoms. The zero-order valence-corrected chi connectivity index (χ0v) is 14.1. The highest BCUT2D eigenvalue weighted by Crippen LogP contribution is 2.26. The molecular weight excluding hydrogens is 282 g/mol. The number of hydrazone groups is 1. The molecule has 2 aliphatic rings. The summed E-state index contributed by atoms with van der Waals surface area (Å²) in [6.45, 7) is 5.84. The average molecular weight is 309 g/mol. The van der Waals surface area contributed by atoms with Gasteiger partial charge in [0, 0.05) is 7.05 Å². The van der Waals surface area contributed by atoms with Gasteiger partial charge in [-0.05, 0) is 33.6 Å². The van der Waals surface area contributed by atoms with Crippen LogP contribution in [0.25, 0.3) is 0 Å². The molecular formula is C16H27N3O3. The van der Waals surface area contributed by atoms with Crippen molar-refractivity contribution in [3.05, 3.63) is 0 Å². The molecule has 0 saturated heterocycles. The molecule has 0 aromatic heterocycles. The predicted molar refractivity (Wildman–Crippen MR) is 84.6 cm³/mol. The monoisotopic (exact) mass is 309 g/mol. The summed E-state index contributed by atoms with van der Waals surface area (Å²) in [7, 11) is 1.67. The first-order valence-electron chi connectivity index (χ1n) is 8.09. The van der Waals surface area contributed by atoms with Gasteiger partial charge in [0.2, 0.25) is 5.91 Å². The summed E-state index contributed by atoms with van der Waals surface area (Å²) in [6, 6.07) is 0.241. The van der Waals surface area contributed by atoms with E-state index in [0.29, 0.717) is 13.0 Å². The molecule has 0 aromatic carbocycles. The van der Waals surface area contributed by atoms with E-state index in [-0.39, 0.29) is 11.9 Å². The van der Waals surface area contributed by atoms with E-state index in [0.717, 1.165) is 31.4 Å². The predicted octanol–water partition coefficient (Wildman–Crippen LogP) is 2.77. The Morgan fingerprint density at radius 2 is 1.95 bits per heavy atom. The van der Waals surface area contributed by atoms with Crippen LogP contribution in [0.15, 0.2) is 5.10 Å². The molecule has 124 valence electrons. The minimum Gasteiger partial charge on any atom is -0.444 e. The second-order valence-corrected chi connectivity index (χ2v) is 7.21.